The predicted molar refractivity (Wildman–Crippen MR) is 133 cm³/mol. The van der Waals surface area contributed by atoms with Gasteiger partial charge in [0.1, 0.15) is 0 Å². The van der Waals surface area contributed by atoms with Crippen molar-refractivity contribution in [3.63, 3.8) is 0 Å². The van der Waals surface area contributed by atoms with Crippen molar-refractivity contribution in [1.82, 2.24) is 14.8 Å². The lowest BCUT2D eigenvalue weighted by atomic mass is 9.99. The van der Waals surface area contributed by atoms with Gasteiger partial charge >= 0.3 is 0 Å². The van der Waals surface area contributed by atoms with E-state index >= 15 is 0 Å². The Morgan fingerprint density at radius 3 is 2.79 bits per heavy atom. The van der Waals surface area contributed by atoms with Gasteiger partial charge in [-0.1, -0.05) is 43.2 Å². The Hall–Kier alpha value is -3.25. The van der Waals surface area contributed by atoms with E-state index in [-0.39, 0.29) is 12.7 Å². The molecular formula is C28H31N3O3. The number of rotatable bonds is 6. The van der Waals surface area contributed by atoms with Crippen LogP contribution in [0.5, 0.6) is 11.5 Å². The second-order valence-electron chi connectivity index (χ2n) is 9.60. The van der Waals surface area contributed by atoms with E-state index < -0.39 is 0 Å². The van der Waals surface area contributed by atoms with E-state index in [1.165, 1.54) is 47.8 Å². The first-order chi connectivity index (χ1) is 16.7. The number of benzene rings is 2. The van der Waals surface area contributed by atoms with Crippen molar-refractivity contribution in [2.75, 3.05) is 26.4 Å². The van der Waals surface area contributed by atoms with Gasteiger partial charge in [-0.2, -0.15) is 0 Å². The van der Waals surface area contributed by atoms with Crippen LogP contribution in [-0.4, -0.2) is 53.2 Å². The van der Waals surface area contributed by atoms with Gasteiger partial charge in [0.25, 0.3) is 0 Å². The average Bonchev–Trinajstić information content (AvgIpc) is 3.64. The van der Waals surface area contributed by atoms with Crippen LogP contribution in [0, 0.1) is 0 Å². The molecule has 6 nitrogen and oxygen atoms in total. The van der Waals surface area contributed by atoms with E-state index in [0.717, 1.165) is 36.5 Å². The van der Waals surface area contributed by atoms with Crippen LogP contribution in [0.4, 0.5) is 0 Å². The monoisotopic (exact) mass is 457 g/mol. The molecule has 0 unspecified atom stereocenters. The summed E-state index contributed by atoms with van der Waals surface area (Å²) in [7, 11) is 0. The van der Waals surface area contributed by atoms with E-state index in [2.05, 4.69) is 58.6 Å². The summed E-state index contributed by atoms with van der Waals surface area (Å²) in [4.78, 5) is 21.1. The standard InChI is InChI=1S/C28H31N3O3/c32-28(30-13-11-21(12-14-30)24-16-29-25-8-4-3-7-23(24)25)18-31(22-5-1-2-6-22)17-20-9-10-26-27(15-20)34-19-33-26/h3-4,7-11,15-16,22,29H,1-2,5-6,12-14,17-19H2. The Morgan fingerprint density at radius 2 is 1.94 bits per heavy atom. The first kappa shape index (κ1) is 21.3. The van der Waals surface area contributed by atoms with E-state index in [0.29, 0.717) is 19.1 Å². The number of para-hydroxylation sites is 1. The van der Waals surface area contributed by atoms with E-state index in [4.69, 9.17) is 9.47 Å². The van der Waals surface area contributed by atoms with Gasteiger partial charge in [-0.3, -0.25) is 9.69 Å². The van der Waals surface area contributed by atoms with Gasteiger partial charge in [-0.05, 0) is 48.6 Å². The Kier molecular flexibility index (Phi) is 5.75. The topological polar surface area (TPSA) is 57.8 Å². The summed E-state index contributed by atoms with van der Waals surface area (Å²) in [5.41, 5.74) is 4.92. The first-order valence-corrected chi connectivity index (χ1v) is 12.4. The van der Waals surface area contributed by atoms with Crippen LogP contribution in [0.2, 0.25) is 0 Å². The van der Waals surface area contributed by atoms with Crippen molar-refractivity contribution in [3.8, 4) is 11.5 Å². The number of aromatic amines is 1. The Morgan fingerprint density at radius 1 is 1.09 bits per heavy atom. The molecule has 0 radical (unpaired) electrons. The molecule has 6 rings (SSSR count). The van der Waals surface area contributed by atoms with Crippen molar-refractivity contribution in [1.29, 1.82) is 0 Å². The number of fused-ring (bicyclic) bond motifs is 2. The summed E-state index contributed by atoms with van der Waals surface area (Å²) < 4.78 is 11.0. The number of ether oxygens (including phenoxy) is 2. The van der Waals surface area contributed by atoms with E-state index in [9.17, 15) is 4.79 Å². The fourth-order valence-corrected chi connectivity index (χ4v) is 5.61. The second kappa shape index (κ2) is 9.18. The minimum absolute atomic E-state index is 0.224. The SMILES string of the molecule is O=C(CN(Cc1ccc2c(c1)OCO2)C1CCCC1)N1CC=C(c2c[nH]c3ccccc23)CC1. The van der Waals surface area contributed by atoms with E-state index in [1.807, 2.05) is 11.0 Å². The molecule has 0 spiro atoms. The summed E-state index contributed by atoms with van der Waals surface area (Å²) in [5, 5.41) is 1.25. The maximum atomic E-state index is 13.4. The van der Waals surface area contributed by atoms with Crippen LogP contribution >= 0.6 is 0 Å². The maximum absolute atomic E-state index is 13.4. The highest BCUT2D eigenvalue weighted by atomic mass is 16.7. The first-order valence-electron chi connectivity index (χ1n) is 12.4. The van der Waals surface area contributed by atoms with Crippen molar-refractivity contribution in [2.24, 2.45) is 0 Å². The molecule has 0 bridgehead atoms. The van der Waals surface area contributed by atoms with Crippen LogP contribution in [0.25, 0.3) is 16.5 Å². The molecule has 1 amide bonds. The van der Waals surface area contributed by atoms with Gasteiger partial charge in [0.05, 0.1) is 6.54 Å². The quantitative estimate of drug-likeness (QED) is 0.569. The third-order valence-electron chi connectivity index (χ3n) is 7.50. The predicted octanol–water partition coefficient (Wildman–Crippen LogP) is 4.96. The zero-order chi connectivity index (χ0) is 22.9. The van der Waals surface area contributed by atoms with Crippen LogP contribution in [0.3, 0.4) is 0 Å². The number of amides is 1. The number of hydrogen-bond acceptors (Lipinski definition) is 4. The number of H-pyrrole nitrogens is 1. The van der Waals surface area contributed by atoms with Gasteiger partial charge in [-0.15, -0.1) is 0 Å². The summed E-state index contributed by atoms with van der Waals surface area (Å²) >= 11 is 0. The molecule has 3 aromatic rings. The molecule has 176 valence electrons. The highest BCUT2D eigenvalue weighted by Gasteiger charge is 2.28. The summed E-state index contributed by atoms with van der Waals surface area (Å²) in [6, 6.07) is 15.0. The molecular weight excluding hydrogens is 426 g/mol. The maximum Gasteiger partial charge on any atom is 0.237 e. The number of carbonyl (C=O) groups excluding carboxylic acids is 1. The highest BCUT2D eigenvalue weighted by Crippen LogP contribution is 2.34. The van der Waals surface area contributed by atoms with Gasteiger partial charge in [0, 0.05) is 48.3 Å². The molecule has 0 saturated heterocycles. The van der Waals surface area contributed by atoms with Crippen LogP contribution in [-0.2, 0) is 11.3 Å². The molecule has 2 aliphatic heterocycles. The van der Waals surface area contributed by atoms with Crippen LogP contribution in [0.1, 0.15) is 43.2 Å². The molecule has 1 aliphatic carbocycles. The molecule has 6 heteroatoms. The second-order valence-corrected chi connectivity index (χ2v) is 9.60. The molecule has 1 saturated carbocycles. The highest BCUT2D eigenvalue weighted by molar-refractivity contribution is 5.93. The summed E-state index contributed by atoms with van der Waals surface area (Å²) in [5.74, 6) is 1.83. The lowest BCUT2D eigenvalue weighted by Crippen LogP contribution is -2.44. The number of nitrogens with zero attached hydrogens (tertiary/aromatic N) is 2. The molecule has 3 heterocycles. The minimum atomic E-state index is 0.224. The van der Waals surface area contributed by atoms with Crippen molar-refractivity contribution < 1.29 is 14.3 Å². The smallest absolute Gasteiger partial charge is 0.237 e. The zero-order valence-corrected chi connectivity index (χ0v) is 19.5. The van der Waals surface area contributed by atoms with Gasteiger partial charge in [0.15, 0.2) is 11.5 Å². The normalized spacial score (nSPS) is 18.1. The minimum Gasteiger partial charge on any atom is -0.454 e. The Labute approximate surface area is 200 Å². The average molecular weight is 458 g/mol. The van der Waals surface area contributed by atoms with Crippen molar-refractivity contribution >= 4 is 22.4 Å². The summed E-state index contributed by atoms with van der Waals surface area (Å²) in [6.07, 6.45) is 10.0. The largest absolute Gasteiger partial charge is 0.454 e. The molecule has 34 heavy (non-hydrogen) atoms. The third kappa shape index (κ3) is 4.18. The fraction of sp³-hybridized carbons (Fsp3) is 0.393. The molecule has 2 aromatic carbocycles. The molecule has 0 atom stereocenters. The lowest BCUT2D eigenvalue weighted by molar-refractivity contribution is -0.132. The molecule has 1 N–H and O–H groups in total. The van der Waals surface area contributed by atoms with E-state index in [1.54, 1.807) is 0 Å². The lowest BCUT2D eigenvalue weighted by Gasteiger charge is -2.32. The third-order valence-corrected chi connectivity index (χ3v) is 7.50. The van der Waals surface area contributed by atoms with Crippen molar-refractivity contribution in [2.45, 2.75) is 44.7 Å². The van der Waals surface area contributed by atoms with Crippen LogP contribution < -0.4 is 9.47 Å². The number of hydrogen-bond donors (Lipinski definition) is 1. The van der Waals surface area contributed by atoms with Gasteiger partial charge in [-0.25, -0.2) is 0 Å². The summed E-state index contributed by atoms with van der Waals surface area (Å²) in [6.45, 7) is 2.96. The molecule has 3 aliphatic rings. The Balaban J connectivity index is 1.14. The van der Waals surface area contributed by atoms with Gasteiger partial charge < -0.3 is 19.4 Å². The zero-order valence-electron chi connectivity index (χ0n) is 19.5. The number of carbonyl (C=O) groups is 1. The van der Waals surface area contributed by atoms with Gasteiger partial charge in [0.2, 0.25) is 12.7 Å². The number of aromatic nitrogens is 1. The van der Waals surface area contributed by atoms with Crippen molar-refractivity contribution in [3.05, 3.63) is 65.9 Å². The molecule has 1 aromatic heterocycles. The Bertz CT molecular complexity index is 1220. The molecule has 1 fully saturated rings. The van der Waals surface area contributed by atoms with Crippen LogP contribution in [0.15, 0.2) is 54.7 Å². The number of nitrogens with one attached hydrogen (secondary N) is 1. The fourth-order valence-electron chi connectivity index (χ4n) is 5.61.